The van der Waals surface area contributed by atoms with Crippen LogP contribution < -0.4 is 10.1 Å². The van der Waals surface area contributed by atoms with Crippen LogP contribution in [0.1, 0.15) is 37.0 Å². The highest BCUT2D eigenvalue weighted by atomic mass is 32.2. The van der Waals surface area contributed by atoms with Gasteiger partial charge in [0.1, 0.15) is 12.4 Å². The summed E-state index contributed by atoms with van der Waals surface area (Å²) in [6.07, 6.45) is 1.86. The summed E-state index contributed by atoms with van der Waals surface area (Å²) in [5.74, 6) is 2.34. The quantitative estimate of drug-likeness (QED) is 0.402. The molecule has 2 heterocycles. The van der Waals surface area contributed by atoms with Crippen LogP contribution in [0.5, 0.6) is 5.75 Å². The summed E-state index contributed by atoms with van der Waals surface area (Å²) in [6.45, 7) is 8.21. The van der Waals surface area contributed by atoms with E-state index in [1.807, 2.05) is 18.2 Å². The molecule has 1 amide bonds. The van der Waals surface area contributed by atoms with E-state index in [-0.39, 0.29) is 5.91 Å². The average Bonchev–Trinajstić information content (AvgIpc) is 3.41. The second-order valence-electron chi connectivity index (χ2n) is 7.66. The minimum absolute atomic E-state index is 0.00877. The number of nitrogens with zero attached hydrogens (tertiary/aromatic N) is 3. The van der Waals surface area contributed by atoms with Gasteiger partial charge in [-0.25, -0.2) is 0 Å². The minimum atomic E-state index is 0.00877. The van der Waals surface area contributed by atoms with Gasteiger partial charge in [-0.1, -0.05) is 50.7 Å². The van der Waals surface area contributed by atoms with Crippen molar-refractivity contribution in [2.75, 3.05) is 12.3 Å². The molecule has 0 aliphatic heterocycles. The Hall–Kier alpha value is -2.32. The lowest BCUT2D eigenvalue weighted by Crippen LogP contribution is -2.27. The first-order valence-electron chi connectivity index (χ1n) is 10.6. The molecule has 0 saturated heterocycles. The minimum Gasteiger partial charge on any atom is -0.486 e. The van der Waals surface area contributed by atoms with Gasteiger partial charge >= 0.3 is 0 Å². The van der Waals surface area contributed by atoms with E-state index >= 15 is 0 Å². The fourth-order valence-electron chi connectivity index (χ4n) is 3.01. The Morgan fingerprint density at radius 2 is 2.03 bits per heavy atom. The molecule has 166 valence electrons. The zero-order chi connectivity index (χ0) is 22.1. The number of thioether (sulfide) groups is 1. The van der Waals surface area contributed by atoms with E-state index in [0.717, 1.165) is 36.1 Å². The maximum Gasteiger partial charge on any atom is 0.230 e. The zero-order valence-corrected chi connectivity index (χ0v) is 20.0. The summed E-state index contributed by atoms with van der Waals surface area (Å²) in [7, 11) is 0. The Kier molecular flexibility index (Phi) is 8.97. The van der Waals surface area contributed by atoms with Crippen molar-refractivity contribution in [2.45, 2.75) is 51.9 Å². The molecule has 8 heteroatoms. The highest BCUT2D eigenvalue weighted by molar-refractivity contribution is 7.99. The molecule has 0 saturated carbocycles. The zero-order valence-electron chi connectivity index (χ0n) is 18.3. The molecule has 0 fully saturated rings. The van der Waals surface area contributed by atoms with Crippen molar-refractivity contribution in [3.63, 3.8) is 0 Å². The van der Waals surface area contributed by atoms with E-state index in [9.17, 15) is 4.79 Å². The number of aromatic nitrogens is 3. The molecule has 31 heavy (non-hydrogen) atoms. The molecule has 0 spiro atoms. The summed E-state index contributed by atoms with van der Waals surface area (Å²) < 4.78 is 7.99. The van der Waals surface area contributed by atoms with Crippen molar-refractivity contribution in [2.24, 2.45) is 5.92 Å². The van der Waals surface area contributed by atoms with Crippen molar-refractivity contribution in [3.05, 3.63) is 58.0 Å². The lowest BCUT2D eigenvalue weighted by atomic mass is 10.2. The fraction of sp³-hybridized carbons (Fsp3) is 0.435. The SMILES string of the molecule is CCc1ccc(OCc2nnc(SCC(=O)NCCc3cccs3)n2CC(C)C)cc1. The average molecular weight is 459 g/mol. The number of carbonyl (C=O) groups excluding carboxylic acids is 1. The van der Waals surface area contributed by atoms with Crippen LogP contribution in [0.25, 0.3) is 0 Å². The molecule has 3 aromatic rings. The first kappa shape index (κ1) is 23.3. The molecule has 0 unspecified atom stereocenters. The topological polar surface area (TPSA) is 69.0 Å². The van der Waals surface area contributed by atoms with E-state index in [1.54, 1.807) is 11.3 Å². The van der Waals surface area contributed by atoms with Crippen LogP contribution in [0, 0.1) is 5.92 Å². The number of carbonyl (C=O) groups is 1. The predicted octanol–water partition coefficient (Wildman–Crippen LogP) is 4.59. The van der Waals surface area contributed by atoms with Crippen molar-refractivity contribution in [1.82, 2.24) is 20.1 Å². The third kappa shape index (κ3) is 7.40. The molecule has 0 radical (unpaired) electrons. The van der Waals surface area contributed by atoms with Crippen molar-refractivity contribution >= 4 is 29.0 Å². The van der Waals surface area contributed by atoms with Crippen LogP contribution in [0.4, 0.5) is 0 Å². The molecule has 1 N–H and O–H groups in total. The summed E-state index contributed by atoms with van der Waals surface area (Å²) in [6, 6.07) is 12.2. The Morgan fingerprint density at radius 1 is 1.23 bits per heavy atom. The van der Waals surface area contributed by atoms with Crippen LogP contribution in [0.3, 0.4) is 0 Å². The lowest BCUT2D eigenvalue weighted by Gasteiger charge is -2.13. The molecule has 6 nitrogen and oxygen atoms in total. The Labute approximate surface area is 192 Å². The Balaban J connectivity index is 1.54. The summed E-state index contributed by atoms with van der Waals surface area (Å²) >= 11 is 3.13. The van der Waals surface area contributed by atoms with E-state index in [4.69, 9.17) is 4.74 Å². The number of hydrogen-bond acceptors (Lipinski definition) is 6. The number of aryl methyl sites for hydroxylation is 1. The smallest absolute Gasteiger partial charge is 0.230 e. The predicted molar refractivity (Wildman–Crippen MR) is 127 cm³/mol. The van der Waals surface area contributed by atoms with E-state index < -0.39 is 0 Å². The number of nitrogens with one attached hydrogen (secondary N) is 1. The molecule has 0 atom stereocenters. The molecule has 0 bridgehead atoms. The molecule has 3 rings (SSSR count). The largest absolute Gasteiger partial charge is 0.486 e. The molecule has 2 aromatic heterocycles. The van der Waals surface area contributed by atoms with Gasteiger partial charge in [0.2, 0.25) is 5.91 Å². The van der Waals surface area contributed by atoms with E-state index in [2.05, 4.69) is 64.4 Å². The second kappa shape index (κ2) is 11.9. The summed E-state index contributed by atoms with van der Waals surface area (Å²) in [5, 5.41) is 14.4. The number of rotatable bonds is 12. The van der Waals surface area contributed by atoms with Crippen molar-refractivity contribution < 1.29 is 9.53 Å². The van der Waals surface area contributed by atoms with Gasteiger partial charge in [-0.2, -0.15) is 0 Å². The van der Waals surface area contributed by atoms with Gasteiger partial charge in [0.25, 0.3) is 0 Å². The molecular weight excluding hydrogens is 428 g/mol. The Bertz CT molecular complexity index is 937. The first-order chi connectivity index (χ1) is 15.0. The van der Waals surface area contributed by atoms with E-state index in [1.165, 1.54) is 22.2 Å². The molecule has 0 aliphatic carbocycles. The second-order valence-corrected chi connectivity index (χ2v) is 9.63. The van der Waals surface area contributed by atoms with Crippen LogP contribution in [-0.4, -0.2) is 33.0 Å². The number of ether oxygens (including phenoxy) is 1. The number of benzene rings is 1. The van der Waals surface area contributed by atoms with Gasteiger partial charge in [0.15, 0.2) is 11.0 Å². The van der Waals surface area contributed by atoms with E-state index in [0.29, 0.717) is 24.8 Å². The van der Waals surface area contributed by atoms with Gasteiger partial charge < -0.3 is 14.6 Å². The summed E-state index contributed by atoms with van der Waals surface area (Å²) in [4.78, 5) is 13.5. The number of thiophene rings is 1. The molecule has 1 aromatic carbocycles. The highest BCUT2D eigenvalue weighted by Crippen LogP contribution is 2.20. The molecular formula is C23H30N4O2S2. The summed E-state index contributed by atoms with van der Waals surface area (Å²) in [5.41, 5.74) is 1.28. The van der Waals surface area contributed by atoms with Crippen LogP contribution in [-0.2, 0) is 30.8 Å². The van der Waals surface area contributed by atoms with Gasteiger partial charge in [-0.05, 0) is 47.9 Å². The third-order valence-electron chi connectivity index (χ3n) is 4.65. The first-order valence-corrected chi connectivity index (χ1v) is 12.5. The third-order valence-corrected chi connectivity index (χ3v) is 6.55. The van der Waals surface area contributed by atoms with Crippen LogP contribution in [0.15, 0.2) is 46.9 Å². The van der Waals surface area contributed by atoms with Crippen molar-refractivity contribution in [3.8, 4) is 5.75 Å². The van der Waals surface area contributed by atoms with Crippen LogP contribution >= 0.6 is 23.1 Å². The normalized spacial score (nSPS) is 11.1. The van der Waals surface area contributed by atoms with Gasteiger partial charge in [0, 0.05) is 18.0 Å². The lowest BCUT2D eigenvalue weighted by molar-refractivity contribution is -0.118. The number of amides is 1. The monoisotopic (exact) mass is 458 g/mol. The molecule has 0 aliphatic rings. The standard InChI is InChI=1S/C23H30N4O2S2/c1-4-18-7-9-19(10-8-18)29-15-21-25-26-23(27(21)14-17(2)3)31-16-22(28)24-12-11-20-6-5-13-30-20/h5-10,13,17H,4,11-12,14-16H2,1-3H3,(H,24,28). The Morgan fingerprint density at radius 3 is 2.71 bits per heavy atom. The van der Waals surface area contributed by atoms with Crippen LogP contribution in [0.2, 0.25) is 0 Å². The van der Waals surface area contributed by atoms with Crippen molar-refractivity contribution in [1.29, 1.82) is 0 Å². The van der Waals surface area contributed by atoms with Gasteiger partial charge in [-0.3, -0.25) is 4.79 Å². The highest BCUT2D eigenvalue weighted by Gasteiger charge is 2.16. The van der Waals surface area contributed by atoms with Gasteiger partial charge in [-0.15, -0.1) is 21.5 Å². The van der Waals surface area contributed by atoms with Gasteiger partial charge in [0.05, 0.1) is 5.75 Å². The maximum atomic E-state index is 12.2. The fourth-order valence-corrected chi connectivity index (χ4v) is 4.52. The maximum absolute atomic E-state index is 12.2. The number of hydrogen-bond donors (Lipinski definition) is 1.